The molecule has 4 rings (SSSR count). The van der Waals surface area contributed by atoms with Crippen molar-refractivity contribution in [2.75, 3.05) is 19.2 Å². The predicted molar refractivity (Wildman–Crippen MR) is 94.7 cm³/mol. The maximum absolute atomic E-state index is 5.45. The average molecular weight is 340 g/mol. The standard InChI is InChI=1S/C18H16N2O3S/c1-11-3-5-15(21-2)13(7-11)14-9-24-18(20-14)19-12-4-6-16-17(8-12)23-10-22-16/h3-9H,10H2,1-2H3,(H,19,20). The van der Waals surface area contributed by atoms with Crippen molar-refractivity contribution in [1.29, 1.82) is 0 Å². The van der Waals surface area contributed by atoms with Gasteiger partial charge in [0.25, 0.3) is 0 Å². The van der Waals surface area contributed by atoms with Gasteiger partial charge in [-0.1, -0.05) is 11.6 Å². The van der Waals surface area contributed by atoms with Crippen LogP contribution in [0.4, 0.5) is 10.8 Å². The summed E-state index contributed by atoms with van der Waals surface area (Å²) in [4.78, 5) is 4.67. The minimum Gasteiger partial charge on any atom is -0.496 e. The third-order valence-electron chi connectivity index (χ3n) is 3.76. The number of anilines is 2. The van der Waals surface area contributed by atoms with Gasteiger partial charge in [0, 0.05) is 22.7 Å². The van der Waals surface area contributed by atoms with Crippen LogP contribution in [-0.2, 0) is 0 Å². The summed E-state index contributed by atoms with van der Waals surface area (Å²) in [6.45, 7) is 2.33. The first-order valence-corrected chi connectivity index (χ1v) is 8.38. The molecule has 0 radical (unpaired) electrons. The third-order valence-corrected chi connectivity index (χ3v) is 4.52. The quantitative estimate of drug-likeness (QED) is 0.752. The highest BCUT2D eigenvalue weighted by molar-refractivity contribution is 7.14. The lowest BCUT2D eigenvalue weighted by molar-refractivity contribution is 0.174. The number of rotatable bonds is 4. The van der Waals surface area contributed by atoms with E-state index in [-0.39, 0.29) is 6.79 Å². The molecule has 0 fully saturated rings. The number of methoxy groups -OCH3 is 1. The van der Waals surface area contributed by atoms with Crippen LogP contribution in [-0.4, -0.2) is 18.9 Å². The molecule has 122 valence electrons. The number of ether oxygens (including phenoxy) is 3. The van der Waals surface area contributed by atoms with Gasteiger partial charge in [-0.25, -0.2) is 4.98 Å². The molecule has 2 heterocycles. The van der Waals surface area contributed by atoms with Crippen LogP contribution < -0.4 is 19.5 Å². The van der Waals surface area contributed by atoms with Crippen LogP contribution in [0.3, 0.4) is 0 Å². The van der Waals surface area contributed by atoms with E-state index in [0.717, 1.165) is 39.3 Å². The van der Waals surface area contributed by atoms with Gasteiger partial charge in [-0.05, 0) is 31.2 Å². The van der Waals surface area contributed by atoms with Crippen molar-refractivity contribution in [2.45, 2.75) is 6.92 Å². The highest BCUT2D eigenvalue weighted by Gasteiger charge is 2.14. The van der Waals surface area contributed by atoms with Gasteiger partial charge in [-0.15, -0.1) is 11.3 Å². The van der Waals surface area contributed by atoms with Crippen LogP contribution in [0, 0.1) is 6.92 Å². The number of benzene rings is 2. The van der Waals surface area contributed by atoms with Gasteiger partial charge in [-0.3, -0.25) is 0 Å². The molecule has 6 heteroatoms. The zero-order valence-electron chi connectivity index (χ0n) is 13.3. The summed E-state index contributed by atoms with van der Waals surface area (Å²) in [5, 5.41) is 6.14. The van der Waals surface area contributed by atoms with E-state index >= 15 is 0 Å². The molecule has 1 aromatic heterocycles. The number of aromatic nitrogens is 1. The van der Waals surface area contributed by atoms with Crippen molar-refractivity contribution in [3.63, 3.8) is 0 Å². The maximum Gasteiger partial charge on any atom is 0.231 e. The third kappa shape index (κ3) is 2.76. The van der Waals surface area contributed by atoms with E-state index in [1.807, 2.05) is 35.7 Å². The number of thiazole rings is 1. The summed E-state index contributed by atoms with van der Waals surface area (Å²) in [5.74, 6) is 2.34. The van der Waals surface area contributed by atoms with E-state index in [1.54, 1.807) is 18.4 Å². The lowest BCUT2D eigenvalue weighted by Gasteiger charge is -2.07. The summed E-state index contributed by atoms with van der Waals surface area (Å²) >= 11 is 1.55. The highest BCUT2D eigenvalue weighted by Crippen LogP contribution is 2.37. The van der Waals surface area contributed by atoms with E-state index in [4.69, 9.17) is 14.2 Å². The van der Waals surface area contributed by atoms with Crippen LogP contribution >= 0.6 is 11.3 Å². The molecule has 3 aromatic rings. The molecule has 24 heavy (non-hydrogen) atoms. The Labute approximate surface area is 143 Å². The average Bonchev–Trinajstić information content (AvgIpc) is 3.23. The fraction of sp³-hybridized carbons (Fsp3) is 0.167. The van der Waals surface area contributed by atoms with Gasteiger partial charge in [0.2, 0.25) is 6.79 Å². The molecule has 0 atom stereocenters. The SMILES string of the molecule is COc1ccc(C)cc1-c1csc(Nc2ccc3c(c2)OCO3)n1. The zero-order chi connectivity index (χ0) is 16.5. The lowest BCUT2D eigenvalue weighted by Crippen LogP contribution is -1.93. The Bertz CT molecular complexity index is 892. The van der Waals surface area contributed by atoms with Crippen molar-refractivity contribution in [2.24, 2.45) is 0 Å². The topological polar surface area (TPSA) is 52.6 Å². The molecule has 0 unspecified atom stereocenters. The number of hydrogen-bond donors (Lipinski definition) is 1. The first-order valence-electron chi connectivity index (χ1n) is 7.50. The number of nitrogens with zero attached hydrogens (tertiary/aromatic N) is 1. The van der Waals surface area contributed by atoms with Crippen molar-refractivity contribution < 1.29 is 14.2 Å². The number of fused-ring (bicyclic) bond motifs is 1. The van der Waals surface area contributed by atoms with E-state index in [1.165, 1.54) is 5.56 Å². The lowest BCUT2D eigenvalue weighted by atomic mass is 10.1. The number of nitrogens with one attached hydrogen (secondary N) is 1. The van der Waals surface area contributed by atoms with E-state index in [9.17, 15) is 0 Å². The molecule has 1 aliphatic rings. The van der Waals surface area contributed by atoms with Crippen LogP contribution in [0.1, 0.15) is 5.56 Å². The van der Waals surface area contributed by atoms with Gasteiger partial charge >= 0.3 is 0 Å². The van der Waals surface area contributed by atoms with Crippen molar-refractivity contribution in [3.8, 4) is 28.5 Å². The second-order valence-electron chi connectivity index (χ2n) is 5.43. The van der Waals surface area contributed by atoms with E-state index < -0.39 is 0 Å². The highest BCUT2D eigenvalue weighted by atomic mass is 32.1. The summed E-state index contributed by atoms with van der Waals surface area (Å²) in [5.41, 5.74) is 3.97. The van der Waals surface area contributed by atoms with Gasteiger partial charge < -0.3 is 19.5 Å². The second kappa shape index (κ2) is 6.05. The zero-order valence-corrected chi connectivity index (χ0v) is 14.1. The molecule has 0 saturated carbocycles. The van der Waals surface area contributed by atoms with Gasteiger partial charge in [0.1, 0.15) is 5.75 Å². The fourth-order valence-electron chi connectivity index (χ4n) is 2.57. The molecule has 1 aliphatic heterocycles. The first kappa shape index (κ1) is 14.8. The molecule has 2 aromatic carbocycles. The Balaban J connectivity index is 1.60. The molecule has 0 bridgehead atoms. The molecule has 0 amide bonds. The van der Waals surface area contributed by atoms with Crippen molar-refractivity contribution >= 4 is 22.2 Å². The van der Waals surface area contributed by atoms with Crippen LogP contribution in [0.5, 0.6) is 17.2 Å². The summed E-state index contributed by atoms with van der Waals surface area (Å²) < 4.78 is 16.2. The van der Waals surface area contributed by atoms with Crippen molar-refractivity contribution in [1.82, 2.24) is 4.98 Å². The van der Waals surface area contributed by atoms with Gasteiger partial charge in [0.05, 0.1) is 12.8 Å². The fourth-order valence-corrected chi connectivity index (χ4v) is 3.31. The second-order valence-corrected chi connectivity index (χ2v) is 6.29. The summed E-state index contributed by atoms with van der Waals surface area (Å²) in [7, 11) is 1.67. The molecular weight excluding hydrogens is 324 g/mol. The Morgan fingerprint density at radius 3 is 2.88 bits per heavy atom. The van der Waals surface area contributed by atoms with E-state index in [2.05, 4.69) is 23.3 Å². The Kier molecular flexibility index (Phi) is 3.74. The van der Waals surface area contributed by atoms with E-state index in [0.29, 0.717) is 0 Å². The molecule has 0 aliphatic carbocycles. The van der Waals surface area contributed by atoms with Gasteiger partial charge in [0.15, 0.2) is 16.6 Å². The minimum absolute atomic E-state index is 0.271. The Hall–Kier alpha value is -2.73. The smallest absolute Gasteiger partial charge is 0.231 e. The Morgan fingerprint density at radius 2 is 2.00 bits per heavy atom. The first-order chi connectivity index (χ1) is 11.7. The van der Waals surface area contributed by atoms with Crippen LogP contribution in [0.15, 0.2) is 41.8 Å². The molecular formula is C18H16N2O3S. The molecule has 5 nitrogen and oxygen atoms in total. The number of hydrogen-bond acceptors (Lipinski definition) is 6. The summed E-state index contributed by atoms with van der Waals surface area (Å²) in [6.07, 6.45) is 0. The molecule has 0 saturated heterocycles. The predicted octanol–water partition coefficient (Wildman–Crippen LogP) is 4.60. The largest absolute Gasteiger partial charge is 0.496 e. The van der Waals surface area contributed by atoms with Gasteiger partial charge in [-0.2, -0.15) is 0 Å². The summed E-state index contributed by atoms with van der Waals surface area (Å²) in [6, 6.07) is 11.8. The molecule has 0 spiro atoms. The monoisotopic (exact) mass is 340 g/mol. The number of aryl methyl sites for hydroxylation is 1. The van der Waals surface area contributed by atoms with Crippen LogP contribution in [0.25, 0.3) is 11.3 Å². The maximum atomic E-state index is 5.45. The van der Waals surface area contributed by atoms with Crippen LogP contribution in [0.2, 0.25) is 0 Å². The Morgan fingerprint density at radius 1 is 1.12 bits per heavy atom. The van der Waals surface area contributed by atoms with Crippen molar-refractivity contribution in [3.05, 3.63) is 47.3 Å². The molecule has 1 N–H and O–H groups in total. The normalized spacial score (nSPS) is 12.2. The minimum atomic E-state index is 0.271.